The van der Waals surface area contributed by atoms with Crippen LogP contribution in [0.3, 0.4) is 0 Å². The van der Waals surface area contributed by atoms with Crippen LogP contribution in [-0.4, -0.2) is 15.7 Å². The zero-order valence-corrected chi connectivity index (χ0v) is 15.3. The van der Waals surface area contributed by atoms with Crippen molar-refractivity contribution in [1.29, 1.82) is 0 Å². The van der Waals surface area contributed by atoms with Crippen LogP contribution in [0.4, 0.5) is 10.1 Å². The van der Waals surface area contributed by atoms with Crippen molar-refractivity contribution in [1.82, 2.24) is 9.78 Å². The summed E-state index contributed by atoms with van der Waals surface area (Å²) >= 11 is 0. The molecule has 138 valence electrons. The number of para-hydroxylation sites is 1. The molecule has 0 saturated heterocycles. The molecule has 0 aliphatic carbocycles. The Morgan fingerprint density at radius 3 is 2.36 bits per heavy atom. The Hall–Kier alpha value is -3.73. The van der Waals surface area contributed by atoms with Gasteiger partial charge >= 0.3 is 0 Å². The number of benzene rings is 3. The number of anilines is 1. The third-order valence-corrected chi connectivity index (χ3v) is 4.47. The zero-order valence-electron chi connectivity index (χ0n) is 15.3. The van der Waals surface area contributed by atoms with Gasteiger partial charge in [-0.15, -0.1) is 0 Å². The topological polar surface area (TPSA) is 46.9 Å². The number of amides is 1. The fourth-order valence-corrected chi connectivity index (χ4v) is 2.98. The first-order valence-electron chi connectivity index (χ1n) is 8.90. The maximum absolute atomic E-state index is 13.6. The van der Waals surface area contributed by atoms with Gasteiger partial charge in [-0.05, 0) is 36.8 Å². The Morgan fingerprint density at radius 2 is 1.64 bits per heavy atom. The highest BCUT2D eigenvalue weighted by molar-refractivity contribution is 6.08. The van der Waals surface area contributed by atoms with Crippen LogP contribution in [0.1, 0.15) is 15.9 Å². The van der Waals surface area contributed by atoms with Gasteiger partial charge in [-0.2, -0.15) is 5.10 Å². The second-order valence-corrected chi connectivity index (χ2v) is 6.45. The lowest BCUT2D eigenvalue weighted by Gasteiger charge is -2.08. The zero-order chi connectivity index (χ0) is 19.5. The third kappa shape index (κ3) is 3.55. The number of nitrogens with one attached hydrogen (secondary N) is 1. The predicted octanol–water partition coefficient (Wildman–Crippen LogP) is 5.24. The fraction of sp³-hybridized carbons (Fsp3) is 0.0435. The molecule has 28 heavy (non-hydrogen) atoms. The van der Waals surface area contributed by atoms with E-state index in [1.807, 2.05) is 67.6 Å². The minimum absolute atomic E-state index is 0.338. The van der Waals surface area contributed by atoms with Crippen LogP contribution in [0.15, 0.2) is 85.1 Å². The molecule has 0 saturated carbocycles. The highest BCUT2D eigenvalue weighted by Gasteiger charge is 2.19. The van der Waals surface area contributed by atoms with E-state index in [0.29, 0.717) is 16.9 Å². The van der Waals surface area contributed by atoms with Gasteiger partial charge in [-0.25, -0.2) is 9.07 Å². The molecule has 1 N–H and O–H groups in total. The smallest absolute Gasteiger partial charge is 0.259 e. The van der Waals surface area contributed by atoms with Gasteiger partial charge in [-0.1, -0.05) is 54.6 Å². The molecule has 4 nitrogen and oxygen atoms in total. The van der Waals surface area contributed by atoms with Crippen molar-refractivity contribution in [2.75, 3.05) is 5.32 Å². The van der Waals surface area contributed by atoms with E-state index in [-0.39, 0.29) is 5.91 Å². The van der Waals surface area contributed by atoms with E-state index in [1.54, 1.807) is 16.9 Å². The fourth-order valence-electron chi connectivity index (χ4n) is 2.98. The summed E-state index contributed by atoms with van der Waals surface area (Å²) < 4.78 is 15.3. The maximum Gasteiger partial charge on any atom is 0.259 e. The lowest BCUT2D eigenvalue weighted by atomic mass is 10.1. The number of nitrogens with zero attached hydrogens (tertiary/aromatic N) is 2. The molecule has 0 bridgehead atoms. The summed E-state index contributed by atoms with van der Waals surface area (Å²) in [6, 6.07) is 23.4. The second kappa shape index (κ2) is 7.48. The molecule has 3 aromatic carbocycles. The van der Waals surface area contributed by atoms with Crippen LogP contribution in [-0.2, 0) is 0 Å². The van der Waals surface area contributed by atoms with Gasteiger partial charge in [0.05, 0.1) is 11.3 Å². The van der Waals surface area contributed by atoms with Crippen LogP contribution < -0.4 is 5.32 Å². The number of hydrogen-bond donors (Lipinski definition) is 1. The molecular formula is C23H18FN3O. The van der Waals surface area contributed by atoms with E-state index >= 15 is 0 Å². The Morgan fingerprint density at radius 1 is 0.964 bits per heavy atom. The van der Waals surface area contributed by atoms with Crippen molar-refractivity contribution >= 4 is 11.6 Å². The molecule has 0 unspecified atom stereocenters. The summed E-state index contributed by atoms with van der Waals surface area (Å²) in [5.41, 5.74) is 3.89. The molecule has 4 rings (SSSR count). The lowest BCUT2D eigenvalue weighted by Crippen LogP contribution is -2.13. The lowest BCUT2D eigenvalue weighted by molar-refractivity contribution is 0.102. The quantitative estimate of drug-likeness (QED) is 0.533. The van der Waals surface area contributed by atoms with Crippen LogP contribution in [0.5, 0.6) is 0 Å². The molecule has 5 heteroatoms. The minimum Gasteiger partial charge on any atom is -0.322 e. The first-order valence-corrected chi connectivity index (χ1v) is 8.90. The van der Waals surface area contributed by atoms with Gasteiger partial charge in [0.2, 0.25) is 0 Å². The SMILES string of the molecule is Cc1ccc(F)cc1NC(=O)c1cn(-c2ccccc2)nc1-c1ccccc1. The summed E-state index contributed by atoms with van der Waals surface area (Å²) in [7, 11) is 0. The van der Waals surface area contributed by atoms with Gasteiger partial charge < -0.3 is 5.32 Å². The maximum atomic E-state index is 13.6. The van der Waals surface area contributed by atoms with Gasteiger partial charge in [0.15, 0.2) is 0 Å². The standard InChI is InChI=1S/C23H18FN3O/c1-16-12-13-18(24)14-21(16)25-23(28)20-15-27(19-10-6-3-7-11-19)26-22(20)17-8-4-2-5-9-17/h2-15H,1H3,(H,25,28). The minimum atomic E-state index is -0.399. The van der Waals surface area contributed by atoms with E-state index < -0.39 is 5.82 Å². The van der Waals surface area contributed by atoms with Gasteiger partial charge in [-0.3, -0.25) is 4.79 Å². The van der Waals surface area contributed by atoms with E-state index in [1.165, 1.54) is 12.1 Å². The Bertz CT molecular complexity index is 1120. The van der Waals surface area contributed by atoms with Crippen LogP contribution in [0, 0.1) is 12.7 Å². The number of hydrogen-bond acceptors (Lipinski definition) is 2. The summed E-state index contributed by atoms with van der Waals surface area (Å²) in [5.74, 6) is -0.737. The van der Waals surface area contributed by atoms with Gasteiger partial charge in [0.25, 0.3) is 5.91 Å². The molecule has 0 aliphatic rings. The summed E-state index contributed by atoms with van der Waals surface area (Å²) in [6.45, 7) is 1.82. The molecule has 0 radical (unpaired) electrons. The van der Waals surface area contributed by atoms with Crippen molar-refractivity contribution in [3.63, 3.8) is 0 Å². The number of halogens is 1. The summed E-state index contributed by atoms with van der Waals surface area (Å²) in [6.07, 6.45) is 1.70. The molecule has 0 spiro atoms. The third-order valence-electron chi connectivity index (χ3n) is 4.47. The number of carbonyl (C=O) groups excluding carboxylic acids is 1. The monoisotopic (exact) mass is 371 g/mol. The van der Waals surface area contributed by atoms with Gasteiger partial charge in [0, 0.05) is 17.4 Å². The first kappa shape index (κ1) is 17.7. The van der Waals surface area contributed by atoms with Crippen molar-refractivity contribution in [3.05, 3.63) is 102 Å². The summed E-state index contributed by atoms with van der Waals surface area (Å²) in [5, 5.41) is 7.45. The molecule has 1 heterocycles. The summed E-state index contributed by atoms with van der Waals surface area (Å²) in [4.78, 5) is 13.0. The van der Waals surface area contributed by atoms with Crippen molar-refractivity contribution in [2.45, 2.75) is 6.92 Å². The molecular weight excluding hydrogens is 353 g/mol. The van der Waals surface area contributed by atoms with E-state index in [2.05, 4.69) is 10.4 Å². The average molecular weight is 371 g/mol. The van der Waals surface area contributed by atoms with Crippen molar-refractivity contribution in [2.24, 2.45) is 0 Å². The molecule has 0 aliphatic heterocycles. The van der Waals surface area contributed by atoms with Crippen molar-refractivity contribution < 1.29 is 9.18 Å². The van der Waals surface area contributed by atoms with E-state index in [0.717, 1.165) is 16.8 Å². The second-order valence-electron chi connectivity index (χ2n) is 6.45. The van der Waals surface area contributed by atoms with Crippen LogP contribution >= 0.6 is 0 Å². The van der Waals surface area contributed by atoms with Crippen LogP contribution in [0.25, 0.3) is 16.9 Å². The predicted molar refractivity (Wildman–Crippen MR) is 108 cm³/mol. The highest BCUT2D eigenvalue weighted by Crippen LogP contribution is 2.25. The molecule has 4 aromatic rings. The number of carbonyl (C=O) groups is 1. The molecule has 1 aromatic heterocycles. The highest BCUT2D eigenvalue weighted by atomic mass is 19.1. The largest absolute Gasteiger partial charge is 0.322 e. The van der Waals surface area contributed by atoms with E-state index in [9.17, 15) is 9.18 Å². The normalized spacial score (nSPS) is 10.6. The Balaban J connectivity index is 1.77. The number of aryl methyl sites for hydroxylation is 1. The van der Waals surface area contributed by atoms with Crippen LogP contribution in [0.2, 0.25) is 0 Å². The van der Waals surface area contributed by atoms with E-state index in [4.69, 9.17) is 0 Å². The number of aromatic nitrogens is 2. The Kier molecular flexibility index (Phi) is 4.72. The first-order chi connectivity index (χ1) is 13.6. The van der Waals surface area contributed by atoms with Crippen molar-refractivity contribution in [3.8, 4) is 16.9 Å². The average Bonchev–Trinajstić information content (AvgIpc) is 3.18. The number of rotatable bonds is 4. The molecule has 0 atom stereocenters. The molecule has 1 amide bonds. The molecule has 0 fully saturated rings. The van der Waals surface area contributed by atoms with Gasteiger partial charge in [0.1, 0.15) is 11.5 Å². The Labute approximate surface area is 162 Å².